The monoisotopic (exact) mass is 524 g/mol. The molecule has 0 aromatic heterocycles. The molecule has 9 heteroatoms. The molecule has 0 radical (unpaired) electrons. The van der Waals surface area contributed by atoms with Gasteiger partial charge in [-0.15, -0.1) is 0 Å². The number of hydrogen-bond donors (Lipinski definition) is 4. The van der Waals surface area contributed by atoms with Gasteiger partial charge in [0.15, 0.2) is 0 Å². The van der Waals surface area contributed by atoms with Crippen LogP contribution >= 0.6 is 0 Å². The highest BCUT2D eigenvalue weighted by atomic mass is 19.1. The van der Waals surface area contributed by atoms with Crippen LogP contribution in [0.15, 0.2) is 72.8 Å². The number of aromatic hydroxyl groups is 1. The lowest BCUT2D eigenvalue weighted by Gasteiger charge is -2.48. The van der Waals surface area contributed by atoms with Crippen molar-refractivity contribution in [1.82, 2.24) is 5.32 Å². The van der Waals surface area contributed by atoms with Crippen LogP contribution in [0.2, 0.25) is 0 Å². The Balaban J connectivity index is 0.000000360. The van der Waals surface area contributed by atoms with Crippen LogP contribution in [-0.2, 0) is 9.59 Å². The number of nitrogens with zero attached hydrogens (tertiary/aromatic N) is 1. The van der Waals surface area contributed by atoms with Gasteiger partial charge in [0.05, 0.1) is 18.1 Å². The fourth-order valence-electron chi connectivity index (χ4n) is 4.86. The lowest BCUT2D eigenvalue weighted by atomic mass is 9.78. The van der Waals surface area contributed by atoms with Crippen LogP contribution in [-0.4, -0.2) is 39.8 Å². The first kappa shape index (κ1) is 27.2. The molecule has 38 heavy (non-hydrogen) atoms. The zero-order valence-electron chi connectivity index (χ0n) is 20.6. The summed E-state index contributed by atoms with van der Waals surface area (Å²) in [5, 5.41) is 31.3. The topological polar surface area (TPSA) is 110 Å². The molecule has 0 unspecified atom stereocenters. The largest absolute Gasteiger partial charge is 0.508 e. The molecule has 7 nitrogen and oxygen atoms in total. The van der Waals surface area contributed by atoms with E-state index < -0.39 is 12.1 Å². The zero-order valence-corrected chi connectivity index (χ0v) is 20.6. The number of nitrogens with one attached hydrogen (secondary N) is 1. The van der Waals surface area contributed by atoms with Gasteiger partial charge in [-0.1, -0.05) is 24.3 Å². The molecular weight excluding hydrogens is 494 g/mol. The smallest absolute Gasteiger partial charge is 0.320 e. The second-order valence-electron chi connectivity index (χ2n) is 9.46. The second kappa shape index (κ2) is 12.1. The number of aliphatic carboxylic acids is 1. The maximum atomic E-state index is 13.3. The summed E-state index contributed by atoms with van der Waals surface area (Å²) in [5.41, 5.74) is 2.03. The van der Waals surface area contributed by atoms with Gasteiger partial charge >= 0.3 is 5.97 Å². The fourth-order valence-corrected chi connectivity index (χ4v) is 4.86. The molecule has 2 aliphatic heterocycles. The molecular formula is C29H30F2N2O5. The van der Waals surface area contributed by atoms with E-state index in [-0.39, 0.29) is 41.3 Å². The van der Waals surface area contributed by atoms with Crippen molar-refractivity contribution in [2.45, 2.75) is 43.9 Å². The number of carboxylic acids is 1. The number of carboxylic acid groups (broad SMARTS) is 1. The van der Waals surface area contributed by atoms with Crippen LogP contribution in [0.4, 0.5) is 14.5 Å². The van der Waals surface area contributed by atoms with Gasteiger partial charge in [0.2, 0.25) is 5.91 Å². The number of phenols is 1. The molecule has 3 aromatic rings. The van der Waals surface area contributed by atoms with Crippen LogP contribution in [0.25, 0.3) is 0 Å². The third kappa shape index (κ3) is 6.35. The third-order valence-corrected chi connectivity index (χ3v) is 6.92. The fraction of sp³-hybridized carbons (Fsp3) is 0.310. The minimum Gasteiger partial charge on any atom is -0.508 e. The Morgan fingerprint density at radius 3 is 2.11 bits per heavy atom. The molecule has 4 N–H and O–H groups in total. The van der Waals surface area contributed by atoms with Crippen molar-refractivity contribution in [1.29, 1.82) is 0 Å². The number of rotatable bonds is 7. The van der Waals surface area contributed by atoms with E-state index in [4.69, 9.17) is 5.11 Å². The van der Waals surface area contributed by atoms with E-state index in [0.717, 1.165) is 24.9 Å². The molecule has 2 aliphatic rings. The Morgan fingerprint density at radius 1 is 0.974 bits per heavy atom. The van der Waals surface area contributed by atoms with Crippen LogP contribution in [0.3, 0.4) is 0 Å². The van der Waals surface area contributed by atoms with Crippen LogP contribution in [0.1, 0.15) is 49.0 Å². The highest BCUT2D eigenvalue weighted by molar-refractivity contribution is 6.03. The van der Waals surface area contributed by atoms with Gasteiger partial charge in [0.1, 0.15) is 23.4 Å². The predicted molar refractivity (Wildman–Crippen MR) is 137 cm³/mol. The highest BCUT2D eigenvalue weighted by Crippen LogP contribution is 2.46. The normalized spacial score (nSPS) is 21.3. The Hall–Kier alpha value is -3.82. The summed E-state index contributed by atoms with van der Waals surface area (Å²) in [6.07, 6.45) is 1.75. The Labute approximate surface area is 219 Å². The SMILES string of the molecule is O=C(O)[C@@H]1CCCN1.O=C1[C@H](CC[C@H](O)c2ccc(F)cc2)[C@@H](c2ccc(O)cc2)N1c1ccc(F)cc1. The van der Waals surface area contributed by atoms with E-state index in [1.54, 1.807) is 41.3 Å². The van der Waals surface area contributed by atoms with E-state index in [1.807, 2.05) is 0 Å². The number of β-lactam (4-membered cyclic amide) rings is 1. The molecule has 3 aromatic carbocycles. The molecule has 0 saturated carbocycles. The number of aliphatic hydroxyl groups excluding tert-OH is 1. The highest BCUT2D eigenvalue weighted by Gasteiger charge is 2.48. The van der Waals surface area contributed by atoms with Gasteiger partial charge in [-0.05, 0) is 91.9 Å². The Bertz CT molecular complexity index is 1230. The molecule has 0 aliphatic carbocycles. The number of anilines is 1. The van der Waals surface area contributed by atoms with Gasteiger partial charge in [-0.25, -0.2) is 8.78 Å². The van der Waals surface area contributed by atoms with E-state index in [1.165, 1.54) is 36.4 Å². The van der Waals surface area contributed by atoms with Gasteiger partial charge in [0.25, 0.3) is 0 Å². The zero-order chi connectivity index (χ0) is 27.2. The van der Waals surface area contributed by atoms with Gasteiger partial charge < -0.3 is 25.5 Å². The number of halogens is 2. The van der Waals surface area contributed by atoms with Crippen molar-refractivity contribution in [2.75, 3.05) is 11.4 Å². The van der Waals surface area contributed by atoms with Crippen molar-refractivity contribution >= 4 is 17.6 Å². The number of carbonyl (C=O) groups excluding carboxylic acids is 1. The second-order valence-corrected chi connectivity index (χ2v) is 9.46. The first-order chi connectivity index (χ1) is 18.2. The van der Waals surface area contributed by atoms with Crippen molar-refractivity contribution < 1.29 is 33.7 Å². The number of benzene rings is 3. The molecule has 1 amide bonds. The molecule has 0 spiro atoms. The average molecular weight is 525 g/mol. The average Bonchev–Trinajstić information content (AvgIpc) is 3.45. The maximum absolute atomic E-state index is 13.3. The number of amides is 1. The maximum Gasteiger partial charge on any atom is 0.320 e. The number of hydrogen-bond acceptors (Lipinski definition) is 5. The van der Waals surface area contributed by atoms with Gasteiger partial charge in [-0.3, -0.25) is 9.59 Å². The van der Waals surface area contributed by atoms with E-state index in [9.17, 15) is 28.6 Å². The third-order valence-electron chi connectivity index (χ3n) is 6.92. The lowest BCUT2D eigenvalue weighted by Crippen LogP contribution is -2.55. The molecule has 2 fully saturated rings. The first-order valence-electron chi connectivity index (χ1n) is 12.5. The Morgan fingerprint density at radius 2 is 1.58 bits per heavy atom. The van der Waals surface area contributed by atoms with E-state index in [2.05, 4.69) is 5.32 Å². The van der Waals surface area contributed by atoms with Crippen molar-refractivity contribution in [3.63, 3.8) is 0 Å². The van der Waals surface area contributed by atoms with Gasteiger partial charge in [-0.2, -0.15) is 0 Å². The van der Waals surface area contributed by atoms with Crippen LogP contribution in [0.5, 0.6) is 5.75 Å². The predicted octanol–water partition coefficient (Wildman–Crippen LogP) is 4.71. The number of phenolic OH excluding ortho intramolecular Hbond substituents is 1. The van der Waals surface area contributed by atoms with Crippen LogP contribution in [0, 0.1) is 17.6 Å². The minimum atomic E-state index is -0.807. The quantitative estimate of drug-likeness (QED) is 0.333. The number of aliphatic hydroxyl groups is 1. The molecule has 200 valence electrons. The standard InChI is InChI=1S/C24H21F2NO3.C5H9NO2/c25-17-5-1-15(2-6-17)22(29)14-13-21-23(16-3-11-20(28)12-4-16)27(24(21)30)19-9-7-18(26)8-10-19;7-5(8)4-2-1-3-6-4/h1-12,21-23,28-29H,13-14H2;4,6H,1-3H2,(H,7,8)/t21-,22+,23-;4-/m10/s1. The molecule has 2 saturated heterocycles. The van der Waals surface area contributed by atoms with Crippen LogP contribution < -0.4 is 10.2 Å². The molecule has 2 heterocycles. The van der Waals surface area contributed by atoms with Gasteiger partial charge in [0, 0.05) is 5.69 Å². The summed E-state index contributed by atoms with van der Waals surface area (Å²) >= 11 is 0. The lowest BCUT2D eigenvalue weighted by molar-refractivity contribution is -0.139. The minimum absolute atomic E-state index is 0.106. The molecule has 0 bridgehead atoms. The summed E-state index contributed by atoms with van der Waals surface area (Å²) in [5.74, 6) is -1.82. The summed E-state index contributed by atoms with van der Waals surface area (Å²) in [6.45, 7) is 0.858. The summed E-state index contributed by atoms with van der Waals surface area (Å²) < 4.78 is 26.4. The van der Waals surface area contributed by atoms with Crippen molar-refractivity contribution in [2.24, 2.45) is 5.92 Å². The van der Waals surface area contributed by atoms with E-state index in [0.29, 0.717) is 24.1 Å². The summed E-state index contributed by atoms with van der Waals surface area (Å²) in [4.78, 5) is 24.7. The molecule has 5 rings (SSSR count). The summed E-state index contributed by atoms with van der Waals surface area (Å²) in [6, 6.07) is 17.5. The Kier molecular flexibility index (Phi) is 8.70. The first-order valence-corrected chi connectivity index (χ1v) is 12.5. The van der Waals surface area contributed by atoms with E-state index >= 15 is 0 Å². The van der Waals surface area contributed by atoms with Crippen molar-refractivity contribution in [3.05, 3.63) is 95.6 Å². The number of carbonyl (C=O) groups is 2. The molecule has 4 atom stereocenters. The van der Waals surface area contributed by atoms with Crippen molar-refractivity contribution in [3.8, 4) is 5.75 Å². The summed E-state index contributed by atoms with van der Waals surface area (Å²) in [7, 11) is 0.